The van der Waals surface area contributed by atoms with Crippen LogP contribution < -0.4 is 4.89 Å². The molecule has 0 amide bonds. The summed E-state index contributed by atoms with van der Waals surface area (Å²) in [5, 5.41) is 10.4. The first-order valence-corrected chi connectivity index (χ1v) is 7.58. The number of benzene rings is 1. The fourth-order valence-corrected chi connectivity index (χ4v) is 3.11. The summed E-state index contributed by atoms with van der Waals surface area (Å²) in [4.78, 5) is 21.5. The molecule has 0 saturated heterocycles. The fraction of sp³-hybridized carbons (Fsp3) is 0.333. The van der Waals surface area contributed by atoms with Gasteiger partial charge in [-0.2, -0.15) is 0 Å². The number of rotatable bonds is 5. The van der Waals surface area contributed by atoms with Crippen LogP contribution in [0.5, 0.6) is 0 Å². The maximum absolute atomic E-state index is 11.6. The van der Waals surface area contributed by atoms with Gasteiger partial charge in [0.25, 0.3) is 5.69 Å². The van der Waals surface area contributed by atoms with Crippen LogP contribution in [0.3, 0.4) is 0 Å². The van der Waals surface area contributed by atoms with E-state index in [4.69, 9.17) is 0 Å². The number of nitro groups is 1. The predicted octanol–water partition coefficient (Wildman–Crippen LogP) is 2.62. The van der Waals surface area contributed by atoms with Gasteiger partial charge < -0.3 is 14.0 Å². The van der Waals surface area contributed by atoms with Crippen molar-refractivity contribution in [3.63, 3.8) is 0 Å². The quantitative estimate of drug-likeness (QED) is 0.261. The molecule has 0 N–H and O–H groups in total. The van der Waals surface area contributed by atoms with Crippen molar-refractivity contribution in [2.75, 3.05) is 6.61 Å². The highest BCUT2D eigenvalue weighted by Gasteiger charge is 2.22. The second kappa shape index (κ2) is 5.90. The average molecular weight is 370 g/mol. The van der Waals surface area contributed by atoms with Crippen LogP contribution in [0.25, 0.3) is 0 Å². The molecular formula is C9H10INO5P-. The van der Waals surface area contributed by atoms with Crippen LogP contribution >= 0.6 is 30.2 Å². The zero-order chi connectivity index (χ0) is 13.1. The molecule has 6 nitrogen and oxygen atoms in total. The summed E-state index contributed by atoms with van der Waals surface area (Å²) in [6.07, 6.45) is 0. The molecule has 2 atom stereocenters. The smallest absolute Gasteiger partial charge is 0.269 e. The van der Waals surface area contributed by atoms with E-state index >= 15 is 0 Å². The maximum atomic E-state index is 11.6. The van der Waals surface area contributed by atoms with Crippen LogP contribution in [-0.4, -0.2) is 11.5 Å². The van der Waals surface area contributed by atoms with Crippen molar-refractivity contribution >= 4 is 35.9 Å². The Balaban J connectivity index is 2.93. The molecule has 1 aromatic rings. The van der Waals surface area contributed by atoms with Gasteiger partial charge in [0.2, 0.25) is 0 Å². The third-order valence-electron chi connectivity index (χ3n) is 1.97. The zero-order valence-corrected chi connectivity index (χ0v) is 12.0. The highest BCUT2D eigenvalue weighted by molar-refractivity contribution is 14.1. The molecule has 0 aliphatic heterocycles. The van der Waals surface area contributed by atoms with E-state index in [1.807, 2.05) is 0 Å². The van der Waals surface area contributed by atoms with E-state index in [9.17, 15) is 19.6 Å². The number of non-ortho nitro benzene ring substituents is 1. The molecular weight excluding hydrogens is 360 g/mol. The molecule has 94 valence electrons. The molecule has 0 spiro atoms. The molecule has 0 saturated carbocycles. The zero-order valence-electron chi connectivity index (χ0n) is 8.91. The molecule has 0 fully saturated rings. The summed E-state index contributed by atoms with van der Waals surface area (Å²) in [5.41, 5.74) is 0.387. The first kappa shape index (κ1) is 14.6. The summed E-state index contributed by atoms with van der Waals surface area (Å²) in [6, 6.07) is 5.37. The molecule has 0 radical (unpaired) electrons. The van der Waals surface area contributed by atoms with Crippen LogP contribution in [-0.2, 0) is 9.09 Å². The van der Waals surface area contributed by atoms with Crippen molar-refractivity contribution in [2.24, 2.45) is 0 Å². The summed E-state index contributed by atoms with van der Waals surface area (Å²) in [5.74, 6) is 0. The monoisotopic (exact) mass is 370 g/mol. The lowest BCUT2D eigenvalue weighted by molar-refractivity contribution is -0.384. The fourth-order valence-electron chi connectivity index (χ4n) is 1.18. The van der Waals surface area contributed by atoms with Crippen LogP contribution in [0.2, 0.25) is 0 Å². The van der Waals surface area contributed by atoms with Crippen molar-refractivity contribution in [3.8, 4) is 0 Å². The molecule has 0 aliphatic carbocycles. The van der Waals surface area contributed by atoms with Gasteiger partial charge in [-0.05, 0) is 12.5 Å². The Hall–Kier alpha value is -0.500. The van der Waals surface area contributed by atoms with E-state index in [0.29, 0.717) is 5.56 Å². The largest absolute Gasteiger partial charge is 0.778 e. The normalized spacial score (nSPS) is 16.2. The molecule has 0 aromatic heterocycles. The Bertz CT molecular complexity index is 449. The van der Waals surface area contributed by atoms with E-state index < -0.39 is 16.2 Å². The van der Waals surface area contributed by atoms with Gasteiger partial charge in [0.15, 0.2) is 7.60 Å². The third kappa shape index (κ3) is 3.74. The van der Waals surface area contributed by atoms with Crippen molar-refractivity contribution in [1.82, 2.24) is 0 Å². The lowest BCUT2D eigenvalue weighted by Crippen LogP contribution is -2.09. The molecule has 8 heteroatoms. The third-order valence-corrected chi connectivity index (χ3v) is 6.20. The molecule has 0 aliphatic rings. The van der Waals surface area contributed by atoms with E-state index in [0.717, 1.165) is 0 Å². The highest BCUT2D eigenvalue weighted by Crippen LogP contribution is 2.56. The summed E-state index contributed by atoms with van der Waals surface area (Å²) >= 11 is 1.73. The topological polar surface area (TPSA) is 92.5 Å². The predicted molar refractivity (Wildman–Crippen MR) is 69.1 cm³/mol. The first-order chi connectivity index (χ1) is 7.88. The lowest BCUT2D eigenvalue weighted by atomic mass is 10.2. The van der Waals surface area contributed by atoms with E-state index in [-0.39, 0.29) is 12.3 Å². The van der Waals surface area contributed by atoms with Gasteiger partial charge in [-0.15, -0.1) is 0 Å². The van der Waals surface area contributed by atoms with Gasteiger partial charge in [-0.25, -0.2) is 0 Å². The number of alkyl halides is 1. The van der Waals surface area contributed by atoms with Gasteiger partial charge in [-0.1, -0.05) is 34.7 Å². The molecule has 1 rings (SSSR count). The van der Waals surface area contributed by atoms with E-state index in [2.05, 4.69) is 4.52 Å². The number of nitro benzene ring substituents is 1. The van der Waals surface area contributed by atoms with E-state index in [1.165, 1.54) is 24.3 Å². The molecule has 0 bridgehead atoms. The Kier molecular flexibility index (Phi) is 5.05. The standard InChI is InChI=1S/C9H11INO5P/c1-2-16-17(14,15)9(10)7-3-5-8(6-4-7)11(12)13/h3-6,9H,2H2,1H3,(H,14,15)/p-1. The summed E-state index contributed by atoms with van der Waals surface area (Å²) in [7, 11) is -3.98. The van der Waals surface area contributed by atoms with Crippen molar-refractivity contribution in [2.45, 2.75) is 10.6 Å². The minimum atomic E-state index is -3.98. The van der Waals surface area contributed by atoms with Gasteiger partial charge in [0, 0.05) is 12.1 Å². The van der Waals surface area contributed by atoms with Crippen molar-refractivity contribution < 1.29 is 18.9 Å². The minimum Gasteiger partial charge on any atom is -0.778 e. The van der Waals surface area contributed by atoms with Crippen LogP contribution in [0, 0.1) is 10.1 Å². The van der Waals surface area contributed by atoms with Crippen molar-refractivity contribution in [1.29, 1.82) is 0 Å². The molecule has 1 aromatic carbocycles. The number of nitrogens with zero attached hydrogens (tertiary/aromatic N) is 1. The van der Waals surface area contributed by atoms with Crippen molar-refractivity contribution in [3.05, 3.63) is 39.9 Å². The van der Waals surface area contributed by atoms with Crippen LogP contribution in [0.15, 0.2) is 24.3 Å². The lowest BCUT2D eigenvalue weighted by Gasteiger charge is -2.27. The summed E-state index contributed by atoms with van der Waals surface area (Å²) in [6.45, 7) is 1.66. The minimum absolute atomic E-state index is 0.0745. The van der Waals surface area contributed by atoms with Crippen LogP contribution in [0.1, 0.15) is 16.2 Å². The molecule has 17 heavy (non-hydrogen) atoms. The number of hydrogen-bond donors (Lipinski definition) is 0. The molecule has 0 heterocycles. The van der Waals surface area contributed by atoms with Gasteiger partial charge in [0.05, 0.1) is 15.2 Å². The number of halogens is 1. The Morgan fingerprint density at radius 1 is 1.47 bits per heavy atom. The average Bonchev–Trinajstić information content (AvgIpc) is 2.28. The maximum Gasteiger partial charge on any atom is 0.269 e. The molecule has 2 unspecified atom stereocenters. The Morgan fingerprint density at radius 2 is 2.00 bits per heavy atom. The van der Waals surface area contributed by atoms with Gasteiger partial charge >= 0.3 is 0 Å². The Morgan fingerprint density at radius 3 is 2.41 bits per heavy atom. The number of hydrogen-bond acceptors (Lipinski definition) is 5. The first-order valence-electron chi connectivity index (χ1n) is 4.72. The van der Waals surface area contributed by atoms with E-state index in [1.54, 1.807) is 29.5 Å². The van der Waals surface area contributed by atoms with Crippen LogP contribution in [0.4, 0.5) is 5.69 Å². The Labute approximate surface area is 112 Å². The van der Waals surface area contributed by atoms with Gasteiger partial charge in [0.1, 0.15) is 0 Å². The second-order valence-electron chi connectivity index (χ2n) is 3.14. The van der Waals surface area contributed by atoms with Gasteiger partial charge in [-0.3, -0.25) is 10.1 Å². The second-order valence-corrected chi connectivity index (χ2v) is 7.23. The highest BCUT2D eigenvalue weighted by atomic mass is 127. The summed E-state index contributed by atoms with van der Waals surface area (Å²) < 4.78 is 15.4. The SMILES string of the molecule is CCOP(=O)([O-])C(I)c1ccc([N+](=O)[O-])cc1.